The molecule has 2 N–H and O–H groups in total. The van der Waals surface area contributed by atoms with Gasteiger partial charge in [0, 0.05) is 28.2 Å². The van der Waals surface area contributed by atoms with Gasteiger partial charge < -0.3 is 10.6 Å². The van der Waals surface area contributed by atoms with E-state index in [0.717, 1.165) is 22.9 Å². The second-order valence-electron chi connectivity index (χ2n) is 5.34. The van der Waals surface area contributed by atoms with Crippen molar-refractivity contribution in [3.8, 4) is 0 Å². The number of aryl methyl sites for hydroxylation is 2. The summed E-state index contributed by atoms with van der Waals surface area (Å²) in [6, 6.07) is 17.5. The van der Waals surface area contributed by atoms with E-state index in [1.54, 1.807) is 0 Å². The Labute approximate surface area is 140 Å². The third-order valence-corrected chi connectivity index (χ3v) is 3.50. The molecule has 0 bridgehead atoms. The average molecular weight is 325 g/mol. The Morgan fingerprint density at radius 1 is 0.826 bits per heavy atom. The molecule has 1 aromatic heterocycles. The van der Waals surface area contributed by atoms with Gasteiger partial charge in [0.1, 0.15) is 5.82 Å². The van der Waals surface area contributed by atoms with Gasteiger partial charge in [-0.25, -0.2) is 4.98 Å². The van der Waals surface area contributed by atoms with Crippen LogP contribution < -0.4 is 10.6 Å². The van der Waals surface area contributed by atoms with Crippen LogP contribution in [0.25, 0.3) is 0 Å². The Kier molecular flexibility index (Phi) is 4.44. The average Bonchev–Trinajstić information content (AvgIpc) is 2.49. The topological polar surface area (TPSA) is 49.8 Å². The van der Waals surface area contributed by atoms with Gasteiger partial charge in [-0.1, -0.05) is 23.7 Å². The predicted octanol–water partition coefficient (Wildman–Crippen LogP) is 5.23. The third-order valence-electron chi connectivity index (χ3n) is 3.25. The predicted molar refractivity (Wildman–Crippen MR) is 96.0 cm³/mol. The number of benzene rings is 2. The van der Waals surface area contributed by atoms with E-state index in [4.69, 9.17) is 11.6 Å². The minimum atomic E-state index is 0.562. The molecule has 0 aliphatic rings. The minimum absolute atomic E-state index is 0.562. The molecule has 3 rings (SSSR count). The smallest absolute Gasteiger partial charge is 0.229 e. The molecule has 2 aromatic carbocycles. The first-order valence-corrected chi connectivity index (χ1v) is 7.68. The zero-order chi connectivity index (χ0) is 16.2. The van der Waals surface area contributed by atoms with Gasteiger partial charge in [0.25, 0.3) is 0 Å². The van der Waals surface area contributed by atoms with Crippen LogP contribution in [0, 0.1) is 13.8 Å². The third kappa shape index (κ3) is 4.20. The lowest BCUT2D eigenvalue weighted by atomic mass is 10.2. The molecule has 4 nitrogen and oxygen atoms in total. The standard InChI is InChI=1S/C18H17ClN4/c1-12-4-3-5-16(10-12)22-18-20-13(2)11-17(23-18)21-15-8-6-14(19)7-9-15/h3-11H,1-2H3,(H2,20,21,22,23). The highest BCUT2D eigenvalue weighted by atomic mass is 35.5. The van der Waals surface area contributed by atoms with Crippen LogP contribution in [-0.4, -0.2) is 9.97 Å². The molecule has 0 aliphatic carbocycles. The minimum Gasteiger partial charge on any atom is -0.340 e. The van der Waals surface area contributed by atoms with E-state index >= 15 is 0 Å². The largest absolute Gasteiger partial charge is 0.340 e. The Morgan fingerprint density at radius 2 is 1.61 bits per heavy atom. The summed E-state index contributed by atoms with van der Waals surface area (Å²) in [4.78, 5) is 8.94. The van der Waals surface area contributed by atoms with E-state index < -0.39 is 0 Å². The van der Waals surface area contributed by atoms with Crippen LogP contribution in [0.3, 0.4) is 0 Å². The van der Waals surface area contributed by atoms with Crippen LogP contribution in [0.4, 0.5) is 23.1 Å². The lowest BCUT2D eigenvalue weighted by molar-refractivity contribution is 1.11. The number of nitrogens with zero attached hydrogens (tertiary/aromatic N) is 2. The van der Waals surface area contributed by atoms with Crippen LogP contribution in [0.5, 0.6) is 0 Å². The second-order valence-corrected chi connectivity index (χ2v) is 5.78. The van der Waals surface area contributed by atoms with Gasteiger partial charge in [0.2, 0.25) is 5.95 Å². The molecule has 0 radical (unpaired) electrons. The van der Waals surface area contributed by atoms with Crippen LogP contribution in [0.2, 0.25) is 5.02 Å². The number of hydrogen-bond donors (Lipinski definition) is 2. The van der Waals surface area contributed by atoms with E-state index in [-0.39, 0.29) is 0 Å². The number of aromatic nitrogens is 2. The van der Waals surface area contributed by atoms with E-state index in [1.165, 1.54) is 5.56 Å². The normalized spacial score (nSPS) is 10.4. The lowest BCUT2D eigenvalue weighted by Gasteiger charge is -2.10. The molecule has 23 heavy (non-hydrogen) atoms. The number of nitrogens with one attached hydrogen (secondary N) is 2. The van der Waals surface area contributed by atoms with Crippen molar-refractivity contribution in [1.82, 2.24) is 9.97 Å². The van der Waals surface area contributed by atoms with Crippen molar-refractivity contribution in [2.45, 2.75) is 13.8 Å². The molecule has 0 aliphatic heterocycles. The first kappa shape index (κ1) is 15.3. The summed E-state index contributed by atoms with van der Waals surface area (Å²) < 4.78 is 0. The van der Waals surface area contributed by atoms with Gasteiger partial charge >= 0.3 is 0 Å². The molecule has 0 unspecified atom stereocenters. The fourth-order valence-electron chi connectivity index (χ4n) is 2.22. The number of rotatable bonds is 4. The van der Waals surface area contributed by atoms with Crippen molar-refractivity contribution in [2.75, 3.05) is 10.6 Å². The molecule has 5 heteroatoms. The fraction of sp³-hybridized carbons (Fsp3) is 0.111. The molecular formula is C18H17ClN4. The molecular weight excluding hydrogens is 308 g/mol. The van der Waals surface area contributed by atoms with Gasteiger partial charge in [0.15, 0.2) is 0 Å². The van der Waals surface area contributed by atoms with Gasteiger partial charge in [-0.3, -0.25) is 0 Å². The van der Waals surface area contributed by atoms with Crippen molar-refractivity contribution in [3.05, 3.63) is 70.9 Å². The number of halogens is 1. The molecule has 0 fully saturated rings. The maximum Gasteiger partial charge on any atom is 0.229 e. The first-order chi connectivity index (χ1) is 11.1. The highest BCUT2D eigenvalue weighted by Gasteiger charge is 2.04. The van der Waals surface area contributed by atoms with Crippen molar-refractivity contribution in [1.29, 1.82) is 0 Å². The monoisotopic (exact) mass is 324 g/mol. The SMILES string of the molecule is Cc1cccc(Nc2nc(C)cc(Nc3ccc(Cl)cc3)n2)c1. The van der Waals surface area contributed by atoms with Gasteiger partial charge in [-0.05, 0) is 55.8 Å². The zero-order valence-corrected chi connectivity index (χ0v) is 13.7. The maximum absolute atomic E-state index is 5.90. The highest BCUT2D eigenvalue weighted by molar-refractivity contribution is 6.30. The Balaban J connectivity index is 1.82. The van der Waals surface area contributed by atoms with Gasteiger partial charge in [-0.15, -0.1) is 0 Å². The van der Waals surface area contributed by atoms with Crippen LogP contribution in [0.15, 0.2) is 54.6 Å². The van der Waals surface area contributed by atoms with Crippen molar-refractivity contribution < 1.29 is 0 Å². The zero-order valence-electron chi connectivity index (χ0n) is 13.0. The summed E-state index contributed by atoms with van der Waals surface area (Å²) in [6.07, 6.45) is 0. The Hall–Kier alpha value is -2.59. The summed E-state index contributed by atoms with van der Waals surface area (Å²) >= 11 is 5.90. The van der Waals surface area contributed by atoms with Crippen molar-refractivity contribution in [2.24, 2.45) is 0 Å². The Morgan fingerprint density at radius 3 is 2.35 bits per heavy atom. The van der Waals surface area contributed by atoms with Crippen LogP contribution in [-0.2, 0) is 0 Å². The first-order valence-electron chi connectivity index (χ1n) is 7.30. The molecule has 0 spiro atoms. The van der Waals surface area contributed by atoms with Crippen LogP contribution in [0.1, 0.15) is 11.3 Å². The van der Waals surface area contributed by atoms with E-state index in [2.05, 4.69) is 39.7 Å². The van der Waals surface area contributed by atoms with Gasteiger partial charge in [-0.2, -0.15) is 4.98 Å². The van der Waals surface area contributed by atoms with Gasteiger partial charge in [0.05, 0.1) is 0 Å². The highest BCUT2D eigenvalue weighted by Crippen LogP contribution is 2.21. The van der Waals surface area contributed by atoms with E-state index in [9.17, 15) is 0 Å². The fourth-order valence-corrected chi connectivity index (χ4v) is 2.35. The molecule has 116 valence electrons. The van der Waals surface area contributed by atoms with Crippen molar-refractivity contribution >= 4 is 34.7 Å². The lowest BCUT2D eigenvalue weighted by Crippen LogP contribution is -2.02. The summed E-state index contributed by atoms with van der Waals surface area (Å²) in [5, 5.41) is 7.20. The molecule has 1 heterocycles. The number of anilines is 4. The van der Waals surface area contributed by atoms with E-state index in [0.29, 0.717) is 11.0 Å². The molecule has 0 saturated carbocycles. The summed E-state index contributed by atoms with van der Waals surface area (Å²) in [6.45, 7) is 3.99. The Bertz CT molecular complexity index is 816. The molecule has 0 atom stereocenters. The maximum atomic E-state index is 5.90. The second kappa shape index (κ2) is 6.67. The number of hydrogen-bond acceptors (Lipinski definition) is 4. The van der Waals surface area contributed by atoms with Crippen molar-refractivity contribution in [3.63, 3.8) is 0 Å². The summed E-state index contributed by atoms with van der Waals surface area (Å²) in [7, 11) is 0. The molecule has 3 aromatic rings. The quantitative estimate of drug-likeness (QED) is 0.689. The molecule has 0 saturated heterocycles. The van der Waals surface area contributed by atoms with E-state index in [1.807, 2.05) is 49.4 Å². The summed E-state index contributed by atoms with van der Waals surface area (Å²) in [5.41, 5.74) is 3.95. The van der Waals surface area contributed by atoms with Crippen LogP contribution >= 0.6 is 11.6 Å². The summed E-state index contributed by atoms with van der Waals surface area (Å²) in [5.74, 6) is 1.29. The molecule has 0 amide bonds.